The van der Waals surface area contributed by atoms with Crippen LogP contribution in [0.3, 0.4) is 0 Å². The highest BCUT2D eigenvalue weighted by molar-refractivity contribution is 5.96. The monoisotopic (exact) mass is 338 g/mol. The Balaban J connectivity index is 1.86. The van der Waals surface area contributed by atoms with E-state index < -0.39 is 5.66 Å². The van der Waals surface area contributed by atoms with Crippen LogP contribution >= 0.6 is 0 Å². The summed E-state index contributed by atoms with van der Waals surface area (Å²) in [6.07, 6.45) is 8.82. The lowest BCUT2D eigenvalue weighted by Crippen LogP contribution is -2.48. The van der Waals surface area contributed by atoms with Gasteiger partial charge in [0.15, 0.2) is 0 Å². The van der Waals surface area contributed by atoms with Crippen LogP contribution in [0.2, 0.25) is 0 Å². The van der Waals surface area contributed by atoms with Crippen LogP contribution in [0.4, 0.5) is 0 Å². The topological polar surface area (TPSA) is 52.0 Å². The molecule has 1 aliphatic carbocycles. The first kappa shape index (κ1) is 16.5. The van der Waals surface area contributed by atoms with Crippen molar-refractivity contribution in [3.8, 4) is 0 Å². The van der Waals surface area contributed by atoms with Gasteiger partial charge in [0.2, 0.25) is 0 Å². The second-order valence-corrected chi connectivity index (χ2v) is 6.83. The van der Waals surface area contributed by atoms with E-state index in [0.29, 0.717) is 6.42 Å². The number of hydrogen-bond donors (Lipinski definition) is 2. The van der Waals surface area contributed by atoms with E-state index in [9.17, 15) is 0 Å². The van der Waals surface area contributed by atoms with E-state index in [1.165, 1.54) is 27.5 Å². The van der Waals surface area contributed by atoms with E-state index in [0.717, 1.165) is 5.57 Å². The van der Waals surface area contributed by atoms with E-state index >= 15 is 0 Å². The predicted molar refractivity (Wildman–Crippen MR) is 111 cm³/mol. The lowest BCUT2D eigenvalue weighted by atomic mass is 9.84. The van der Waals surface area contributed by atoms with Crippen molar-refractivity contribution in [3.63, 3.8) is 0 Å². The van der Waals surface area contributed by atoms with Gasteiger partial charge in [0, 0.05) is 6.42 Å². The highest BCUT2D eigenvalue weighted by Crippen LogP contribution is 2.35. The molecule has 4 rings (SSSR count). The number of nitrogens with two attached hydrogens (primary N) is 2. The first-order valence-corrected chi connectivity index (χ1v) is 8.84. The first-order valence-electron chi connectivity index (χ1n) is 8.84. The lowest BCUT2D eigenvalue weighted by Gasteiger charge is -2.28. The fourth-order valence-electron chi connectivity index (χ4n) is 3.46. The van der Waals surface area contributed by atoms with Crippen molar-refractivity contribution in [1.29, 1.82) is 0 Å². The summed E-state index contributed by atoms with van der Waals surface area (Å²) in [6, 6.07) is 25.1. The predicted octanol–water partition coefficient (Wildman–Crippen LogP) is 4.88. The maximum Gasteiger partial charge on any atom is 0.0873 e. The molecule has 0 fully saturated rings. The normalized spacial score (nSPS) is 16.5. The third kappa shape index (κ3) is 3.38. The fourth-order valence-corrected chi connectivity index (χ4v) is 3.46. The quantitative estimate of drug-likeness (QED) is 0.669. The average molecular weight is 338 g/mol. The standard InChI is InChI=1S/C24H22N2/c25-24(26)16-15-20(14-13-18-7-2-1-3-8-18)23(17-24)22-12-6-10-19-9-4-5-11-21(19)22/h1-16H,17,25-26H2. The Hall–Kier alpha value is -2.94. The van der Waals surface area contributed by atoms with Crippen molar-refractivity contribution in [1.82, 2.24) is 0 Å². The van der Waals surface area contributed by atoms with Gasteiger partial charge in [0.25, 0.3) is 0 Å². The van der Waals surface area contributed by atoms with Crippen molar-refractivity contribution in [2.75, 3.05) is 0 Å². The smallest absolute Gasteiger partial charge is 0.0873 e. The molecule has 0 unspecified atom stereocenters. The van der Waals surface area contributed by atoms with Crippen LogP contribution in [-0.2, 0) is 0 Å². The van der Waals surface area contributed by atoms with Gasteiger partial charge in [-0.1, -0.05) is 91.0 Å². The summed E-state index contributed by atoms with van der Waals surface area (Å²) in [5.74, 6) is 0. The number of hydrogen-bond acceptors (Lipinski definition) is 2. The SMILES string of the molecule is NC1(N)C=CC(C=Cc2ccccc2)=C(c2cccc3ccccc23)C1. The maximum atomic E-state index is 6.25. The lowest BCUT2D eigenvalue weighted by molar-refractivity contribution is 0.564. The summed E-state index contributed by atoms with van der Waals surface area (Å²) in [7, 11) is 0. The van der Waals surface area contributed by atoms with Crippen LogP contribution in [0.5, 0.6) is 0 Å². The van der Waals surface area contributed by atoms with Crippen LogP contribution in [-0.4, -0.2) is 5.66 Å². The number of benzene rings is 3. The minimum atomic E-state index is -0.823. The van der Waals surface area contributed by atoms with Crippen LogP contribution in [0.15, 0.2) is 96.6 Å². The highest BCUT2D eigenvalue weighted by Gasteiger charge is 2.24. The van der Waals surface area contributed by atoms with Crippen molar-refractivity contribution in [2.45, 2.75) is 12.1 Å². The van der Waals surface area contributed by atoms with Crippen molar-refractivity contribution in [2.24, 2.45) is 11.5 Å². The molecule has 26 heavy (non-hydrogen) atoms. The van der Waals surface area contributed by atoms with Crippen LogP contribution in [0.1, 0.15) is 17.5 Å². The minimum absolute atomic E-state index is 0.603. The Labute approximate surface area is 154 Å². The number of fused-ring (bicyclic) bond motifs is 1. The van der Waals surface area contributed by atoms with E-state index in [1.807, 2.05) is 30.4 Å². The van der Waals surface area contributed by atoms with Crippen LogP contribution < -0.4 is 11.5 Å². The summed E-state index contributed by atoms with van der Waals surface area (Å²) in [6.45, 7) is 0. The third-order valence-corrected chi connectivity index (χ3v) is 4.77. The molecular formula is C24H22N2. The Kier molecular flexibility index (Phi) is 4.29. The Morgan fingerprint density at radius 1 is 0.769 bits per heavy atom. The molecule has 0 aromatic heterocycles. The summed E-state index contributed by atoms with van der Waals surface area (Å²) in [5.41, 5.74) is 16.4. The molecule has 0 bridgehead atoms. The second kappa shape index (κ2) is 6.75. The maximum absolute atomic E-state index is 6.25. The molecule has 3 aromatic rings. The molecule has 0 saturated heterocycles. The molecule has 2 heteroatoms. The van der Waals surface area contributed by atoms with Gasteiger partial charge < -0.3 is 11.5 Å². The van der Waals surface area contributed by atoms with E-state index in [1.54, 1.807) is 0 Å². The summed E-state index contributed by atoms with van der Waals surface area (Å²) < 4.78 is 0. The zero-order chi connectivity index (χ0) is 18.0. The number of allylic oxidation sites excluding steroid dienone is 3. The zero-order valence-corrected chi connectivity index (χ0v) is 14.6. The molecule has 3 aromatic carbocycles. The van der Waals surface area contributed by atoms with Gasteiger partial charge in [0.1, 0.15) is 0 Å². The molecule has 0 heterocycles. The molecular weight excluding hydrogens is 316 g/mol. The van der Waals surface area contributed by atoms with Crippen molar-refractivity contribution < 1.29 is 0 Å². The van der Waals surface area contributed by atoms with Gasteiger partial charge in [-0.15, -0.1) is 0 Å². The molecule has 0 spiro atoms. The Bertz CT molecular complexity index is 1020. The van der Waals surface area contributed by atoms with E-state index in [4.69, 9.17) is 11.5 Å². The first-order chi connectivity index (χ1) is 12.6. The molecule has 0 saturated carbocycles. The number of rotatable bonds is 3. The molecule has 128 valence electrons. The molecule has 1 aliphatic rings. The minimum Gasteiger partial charge on any atom is -0.310 e. The van der Waals surface area contributed by atoms with Crippen molar-refractivity contribution in [3.05, 3.63) is 108 Å². The van der Waals surface area contributed by atoms with E-state index in [2.05, 4.69) is 66.7 Å². The summed E-state index contributed by atoms with van der Waals surface area (Å²) >= 11 is 0. The molecule has 2 nitrogen and oxygen atoms in total. The largest absolute Gasteiger partial charge is 0.310 e. The van der Waals surface area contributed by atoms with Gasteiger partial charge in [-0.05, 0) is 39.1 Å². The molecule has 0 radical (unpaired) electrons. The van der Waals surface area contributed by atoms with Gasteiger partial charge >= 0.3 is 0 Å². The van der Waals surface area contributed by atoms with Gasteiger partial charge in [-0.3, -0.25) is 0 Å². The molecule has 0 aliphatic heterocycles. The van der Waals surface area contributed by atoms with Crippen LogP contribution in [0.25, 0.3) is 22.4 Å². The van der Waals surface area contributed by atoms with Crippen LogP contribution in [0, 0.1) is 0 Å². The molecule has 0 atom stereocenters. The fraction of sp³-hybridized carbons (Fsp3) is 0.0833. The molecule has 4 N–H and O–H groups in total. The third-order valence-electron chi connectivity index (χ3n) is 4.77. The Morgan fingerprint density at radius 3 is 2.35 bits per heavy atom. The van der Waals surface area contributed by atoms with Gasteiger partial charge in [-0.25, -0.2) is 0 Å². The van der Waals surface area contributed by atoms with Gasteiger partial charge in [-0.2, -0.15) is 0 Å². The second-order valence-electron chi connectivity index (χ2n) is 6.83. The summed E-state index contributed by atoms with van der Waals surface area (Å²) in [5, 5.41) is 2.44. The zero-order valence-electron chi connectivity index (χ0n) is 14.6. The van der Waals surface area contributed by atoms with E-state index in [-0.39, 0.29) is 0 Å². The Morgan fingerprint density at radius 2 is 1.50 bits per heavy atom. The molecule has 0 amide bonds. The highest BCUT2D eigenvalue weighted by atomic mass is 14.9. The average Bonchev–Trinajstić information content (AvgIpc) is 2.67. The summed E-state index contributed by atoms with van der Waals surface area (Å²) in [4.78, 5) is 0. The van der Waals surface area contributed by atoms with Crippen molar-refractivity contribution >= 4 is 22.4 Å². The van der Waals surface area contributed by atoms with Gasteiger partial charge in [0.05, 0.1) is 5.66 Å².